The molecule has 1 aliphatic rings. The zero-order valence-corrected chi connectivity index (χ0v) is 18.3. The Morgan fingerprint density at radius 2 is 2.29 bits per heavy atom. The minimum Gasteiger partial charge on any atom is -0.383 e. The summed E-state index contributed by atoms with van der Waals surface area (Å²) in [5.74, 6) is -0.0347. The topological polar surface area (TPSA) is 73.2 Å². The second-order valence-electron chi connectivity index (χ2n) is 6.55. The molecule has 0 saturated carbocycles. The lowest BCUT2D eigenvalue weighted by Gasteiger charge is -2.13. The number of hydrogen-bond acceptors (Lipinski definition) is 6. The summed E-state index contributed by atoms with van der Waals surface area (Å²) in [5, 5.41) is 4.31. The summed E-state index contributed by atoms with van der Waals surface area (Å²) in [4.78, 5) is 30.6. The van der Waals surface area contributed by atoms with Crippen LogP contribution in [0, 0.1) is 6.92 Å². The maximum atomic E-state index is 12.9. The number of thioether (sulfide) groups is 2. The van der Waals surface area contributed by atoms with Crippen molar-refractivity contribution in [3.8, 4) is 0 Å². The van der Waals surface area contributed by atoms with Crippen molar-refractivity contribution in [2.24, 2.45) is 0 Å². The molecule has 1 aromatic heterocycles. The first-order chi connectivity index (χ1) is 13.4. The summed E-state index contributed by atoms with van der Waals surface area (Å²) < 4.78 is 6.73. The van der Waals surface area contributed by atoms with E-state index < -0.39 is 0 Å². The molecule has 0 aliphatic carbocycles. The molecular weight excluding hydrogens is 418 g/mol. The number of nitrogens with zero attached hydrogens (tertiary/aromatic N) is 2. The number of halogens is 1. The first-order valence-corrected chi connectivity index (χ1v) is 11.1. The van der Waals surface area contributed by atoms with Gasteiger partial charge < -0.3 is 10.1 Å². The van der Waals surface area contributed by atoms with E-state index in [2.05, 4.69) is 17.2 Å². The van der Waals surface area contributed by atoms with Crippen molar-refractivity contribution in [2.75, 3.05) is 24.8 Å². The lowest BCUT2D eigenvalue weighted by Crippen LogP contribution is -2.27. The number of amides is 1. The van der Waals surface area contributed by atoms with Gasteiger partial charge in [-0.15, -0.1) is 11.8 Å². The number of benzene rings is 1. The van der Waals surface area contributed by atoms with Crippen molar-refractivity contribution in [1.82, 2.24) is 9.55 Å². The van der Waals surface area contributed by atoms with E-state index in [0.717, 1.165) is 17.7 Å². The van der Waals surface area contributed by atoms with Gasteiger partial charge in [-0.05, 0) is 24.6 Å². The van der Waals surface area contributed by atoms with E-state index in [1.807, 2.05) is 19.1 Å². The second-order valence-corrected chi connectivity index (χ2v) is 9.35. The number of carbonyl (C=O) groups excluding carboxylic acids is 1. The molecule has 6 nitrogen and oxygen atoms in total. The fourth-order valence-corrected chi connectivity index (χ4v) is 4.96. The van der Waals surface area contributed by atoms with Gasteiger partial charge in [0.25, 0.3) is 5.56 Å². The standard InChI is InChI=1S/C19H22ClN3O3S2/c1-11-4-5-13(9-14(11)20)21-16(24)10-27-19-22-15-8-12(2)28-17(15)18(25)23(19)6-7-26-3/h4-5,9,12H,6-8,10H2,1-3H3,(H,21,24). The number of anilines is 1. The van der Waals surface area contributed by atoms with Gasteiger partial charge in [-0.3, -0.25) is 14.2 Å². The van der Waals surface area contributed by atoms with Crippen LogP contribution in [0.5, 0.6) is 0 Å². The van der Waals surface area contributed by atoms with Gasteiger partial charge >= 0.3 is 0 Å². The number of nitrogens with one attached hydrogen (secondary N) is 1. The fraction of sp³-hybridized carbons (Fsp3) is 0.421. The lowest BCUT2D eigenvalue weighted by atomic mass is 10.2. The van der Waals surface area contributed by atoms with Crippen LogP contribution in [0.4, 0.5) is 5.69 Å². The number of methoxy groups -OCH3 is 1. The molecule has 2 heterocycles. The summed E-state index contributed by atoms with van der Waals surface area (Å²) in [6.07, 6.45) is 0.766. The summed E-state index contributed by atoms with van der Waals surface area (Å²) in [6, 6.07) is 5.39. The Labute approximate surface area is 177 Å². The highest BCUT2D eigenvalue weighted by atomic mass is 35.5. The zero-order chi connectivity index (χ0) is 20.3. The van der Waals surface area contributed by atoms with Crippen LogP contribution >= 0.6 is 35.1 Å². The number of aryl methyl sites for hydroxylation is 1. The van der Waals surface area contributed by atoms with Crippen molar-refractivity contribution in [3.63, 3.8) is 0 Å². The SMILES string of the molecule is COCCn1c(SCC(=O)Nc2ccc(C)c(Cl)c2)nc2c(c1=O)SC(C)C2. The largest absolute Gasteiger partial charge is 0.383 e. The van der Waals surface area contributed by atoms with Gasteiger partial charge in [-0.25, -0.2) is 4.98 Å². The molecule has 1 aliphatic heterocycles. The third kappa shape index (κ3) is 4.92. The maximum absolute atomic E-state index is 12.9. The molecule has 0 saturated heterocycles. The Hall–Kier alpha value is -1.48. The Morgan fingerprint density at radius 3 is 3.00 bits per heavy atom. The maximum Gasteiger partial charge on any atom is 0.268 e. The Balaban J connectivity index is 1.74. The number of ether oxygens (including phenoxy) is 1. The molecule has 1 atom stereocenters. The predicted octanol–water partition coefficient (Wildman–Crippen LogP) is 3.62. The quantitative estimate of drug-likeness (QED) is 0.524. The summed E-state index contributed by atoms with van der Waals surface area (Å²) >= 11 is 8.92. The molecule has 1 amide bonds. The number of aromatic nitrogens is 2. The molecule has 0 fully saturated rings. The molecular formula is C19H22ClN3O3S2. The Bertz CT molecular complexity index is 949. The van der Waals surface area contributed by atoms with Crippen LogP contribution in [0.25, 0.3) is 0 Å². The van der Waals surface area contributed by atoms with Crippen molar-refractivity contribution >= 4 is 46.7 Å². The summed E-state index contributed by atoms with van der Waals surface area (Å²) in [7, 11) is 1.59. The van der Waals surface area contributed by atoms with Crippen LogP contribution in [0.1, 0.15) is 18.2 Å². The predicted molar refractivity (Wildman–Crippen MR) is 115 cm³/mol. The van der Waals surface area contributed by atoms with Gasteiger partial charge in [0, 0.05) is 29.5 Å². The molecule has 0 bridgehead atoms. The van der Waals surface area contributed by atoms with Crippen LogP contribution in [0.15, 0.2) is 33.0 Å². The van der Waals surface area contributed by atoms with Gasteiger partial charge in [0.1, 0.15) is 0 Å². The minimum absolute atomic E-state index is 0.0513. The molecule has 9 heteroatoms. The molecule has 1 aromatic carbocycles. The first kappa shape index (κ1) is 21.2. The van der Waals surface area contributed by atoms with Crippen LogP contribution in [0.2, 0.25) is 5.02 Å². The van der Waals surface area contributed by atoms with Gasteiger partial charge in [-0.1, -0.05) is 36.4 Å². The first-order valence-electron chi connectivity index (χ1n) is 8.87. The molecule has 28 heavy (non-hydrogen) atoms. The van der Waals surface area contributed by atoms with Crippen LogP contribution in [-0.4, -0.2) is 40.2 Å². The van der Waals surface area contributed by atoms with E-state index >= 15 is 0 Å². The zero-order valence-electron chi connectivity index (χ0n) is 16.0. The highest BCUT2D eigenvalue weighted by molar-refractivity contribution is 8.00. The number of carbonyl (C=O) groups is 1. The van der Waals surface area contributed by atoms with E-state index in [1.165, 1.54) is 11.8 Å². The average molecular weight is 440 g/mol. The van der Waals surface area contributed by atoms with Crippen molar-refractivity contribution in [1.29, 1.82) is 0 Å². The number of hydrogen-bond donors (Lipinski definition) is 1. The van der Waals surface area contributed by atoms with E-state index in [0.29, 0.717) is 39.2 Å². The summed E-state index contributed by atoms with van der Waals surface area (Å²) in [5.41, 5.74) is 2.37. The van der Waals surface area contributed by atoms with Crippen molar-refractivity contribution < 1.29 is 9.53 Å². The lowest BCUT2D eigenvalue weighted by molar-refractivity contribution is -0.113. The van der Waals surface area contributed by atoms with Gasteiger partial charge in [0.05, 0.1) is 29.5 Å². The van der Waals surface area contributed by atoms with E-state index in [4.69, 9.17) is 16.3 Å². The molecule has 3 rings (SSSR count). The Morgan fingerprint density at radius 1 is 1.50 bits per heavy atom. The molecule has 2 aromatic rings. The van der Waals surface area contributed by atoms with Gasteiger partial charge in [0.15, 0.2) is 5.16 Å². The minimum atomic E-state index is -0.180. The average Bonchev–Trinajstić information content (AvgIpc) is 3.03. The van der Waals surface area contributed by atoms with Crippen molar-refractivity contribution in [2.45, 2.75) is 42.1 Å². The van der Waals surface area contributed by atoms with Crippen LogP contribution in [-0.2, 0) is 22.5 Å². The molecule has 0 radical (unpaired) electrons. The smallest absolute Gasteiger partial charge is 0.268 e. The highest BCUT2D eigenvalue weighted by Crippen LogP contribution is 2.34. The molecule has 1 unspecified atom stereocenters. The van der Waals surface area contributed by atoms with Crippen molar-refractivity contribution in [3.05, 3.63) is 44.8 Å². The third-order valence-corrected chi connectivity index (χ3v) is 6.87. The number of rotatable bonds is 7. The van der Waals surface area contributed by atoms with E-state index in [1.54, 1.807) is 29.5 Å². The second kappa shape index (κ2) is 9.35. The van der Waals surface area contributed by atoms with Crippen LogP contribution in [0.3, 0.4) is 0 Å². The van der Waals surface area contributed by atoms with E-state index in [-0.39, 0.29) is 17.2 Å². The molecule has 1 N–H and O–H groups in total. The normalized spacial score (nSPS) is 15.5. The Kier molecular flexibility index (Phi) is 7.09. The van der Waals surface area contributed by atoms with E-state index in [9.17, 15) is 9.59 Å². The van der Waals surface area contributed by atoms with Crippen LogP contribution < -0.4 is 10.9 Å². The highest BCUT2D eigenvalue weighted by Gasteiger charge is 2.26. The van der Waals surface area contributed by atoms with Gasteiger partial charge in [-0.2, -0.15) is 0 Å². The van der Waals surface area contributed by atoms with Gasteiger partial charge in [0.2, 0.25) is 5.91 Å². The monoisotopic (exact) mass is 439 g/mol. The fourth-order valence-electron chi connectivity index (χ4n) is 2.82. The molecule has 150 valence electrons. The third-order valence-electron chi connectivity index (χ3n) is 4.27. The molecule has 0 spiro atoms. The summed E-state index contributed by atoms with van der Waals surface area (Å²) in [6.45, 7) is 4.80. The number of fused-ring (bicyclic) bond motifs is 1.